The van der Waals surface area contributed by atoms with E-state index in [2.05, 4.69) is 0 Å². The zero-order chi connectivity index (χ0) is 16.9. The van der Waals surface area contributed by atoms with E-state index < -0.39 is 15.8 Å². The number of rotatable bonds is 7. The highest BCUT2D eigenvalue weighted by molar-refractivity contribution is 7.89. The van der Waals surface area contributed by atoms with E-state index in [1.807, 2.05) is 6.92 Å². The average Bonchev–Trinajstić information content (AvgIpc) is 2.42. The first-order valence-corrected chi connectivity index (χ1v) is 8.99. The van der Waals surface area contributed by atoms with Crippen molar-refractivity contribution in [2.75, 3.05) is 12.8 Å². The van der Waals surface area contributed by atoms with Crippen molar-refractivity contribution in [1.82, 2.24) is 4.90 Å². The van der Waals surface area contributed by atoms with Crippen LogP contribution in [0, 0.1) is 0 Å². The van der Waals surface area contributed by atoms with E-state index in [1.54, 1.807) is 19.1 Å². The molecule has 0 spiro atoms. The first-order valence-electron chi connectivity index (χ1n) is 6.93. The number of benzene rings is 1. The Labute approximate surface area is 130 Å². The minimum atomic E-state index is -3.13. The maximum Gasteiger partial charge on any atom is 0.323 e. The highest BCUT2D eigenvalue weighted by Gasteiger charge is 2.22. The molecule has 22 heavy (non-hydrogen) atoms. The first kappa shape index (κ1) is 18.2. The number of carbonyl (C=O) groups excluding carboxylic acids is 1. The molecule has 0 aliphatic heterocycles. The molecule has 1 rings (SSSR count). The van der Waals surface area contributed by atoms with Gasteiger partial charge in [-0.25, -0.2) is 8.42 Å². The van der Waals surface area contributed by atoms with E-state index in [-0.39, 0.29) is 24.2 Å². The molecule has 1 N–H and O–H groups in total. The van der Waals surface area contributed by atoms with Crippen LogP contribution < -0.4 is 0 Å². The number of amides is 1. The van der Waals surface area contributed by atoms with Gasteiger partial charge in [0.25, 0.3) is 5.91 Å². The van der Waals surface area contributed by atoms with E-state index >= 15 is 0 Å². The van der Waals surface area contributed by atoms with Crippen molar-refractivity contribution in [2.24, 2.45) is 0 Å². The van der Waals surface area contributed by atoms with Gasteiger partial charge in [0.15, 0.2) is 9.84 Å². The van der Waals surface area contributed by atoms with Gasteiger partial charge < -0.3 is 10.0 Å². The topological polar surface area (TPSA) is 91.8 Å². The summed E-state index contributed by atoms with van der Waals surface area (Å²) in [4.78, 5) is 24.6. The van der Waals surface area contributed by atoms with Crippen LogP contribution in [0.4, 0.5) is 0 Å². The Kier molecular flexibility index (Phi) is 6.11. The number of carboxylic acids is 1. The molecule has 0 aliphatic carbocycles. The first-order chi connectivity index (χ1) is 10.1. The normalized spacial score (nSPS) is 12.7. The second kappa shape index (κ2) is 7.40. The standard InChI is InChI=1S/C15H21NO5S/c1-4-11(2)16(9-14(17)18)15(19)13-7-5-12(6-8-13)10-22(3,20)21/h5-8,11H,4,9-10H2,1-3H3,(H,17,18). The fraction of sp³-hybridized carbons (Fsp3) is 0.467. The molecule has 0 aromatic heterocycles. The van der Waals surface area contributed by atoms with Crippen molar-refractivity contribution in [2.45, 2.75) is 32.1 Å². The summed E-state index contributed by atoms with van der Waals surface area (Å²) in [6.45, 7) is 3.31. The maximum absolute atomic E-state index is 12.4. The van der Waals surface area contributed by atoms with Crippen molar-refractivity contribution in [3.63, 3.8) is 0 Å². The van der Waals surface area contributed by atoms with Crippen molar-refractivity contribution in [3.8, 4) is 0 Å². The molecule has 0 aliphatic rings. The summed E-state index contributed by atoms with van der Waals surface area (Å²) in [5, 5.41) is 8.94. The predicted octanol–water partition coefficient (Wildman–Crippen LogP) is 1.56. The van der Waals surface area contributed by atoms with Crippen LogP contribution in [-0.2, 0) is 20.4 Å². The molecule has 0 saturated carbocycles. The zero-order valence-corrected chi connectivity index (χ0v) is 13.8. The van der Waals surface area contributed by atoms with Gasteiger partial charge in [-0.15, -0.1) is 0 Å². The number of carbonyl (C=O) groups is 2. The summed E-state index contributed by atoms with van der Waals surface area (Å²) in [6.07, 6.45) is 1.79. The van der Waals surface area contributed by atoms with Crippen molar-refractivity contribution < 1.29 is 23.1 Å². The van der Waals surface area contributed by atoms with Crippen LogP contribution in [0.5, 0.6) is 0 Å². The lowest BCUT2D eigenvalue weighted by molar-refractivity contribution is -0.138. The molecule has 1 unspecified atom stereocenters. The van der Waals surface area contributed by atoms with Gasteiger partial charge in [-0.05, 0) is 31.0 Å². The maximum atomic E-state index is 12.4. The van der Waals surface area contributed by atoms with Crippen LogP contribution in [-0.4, -0.2) is 49.1 Å². The number of carboxylic acid groups (broad SMARTS) is 1. The van der Waals surface area contributed by atoms with E-state index in [1.165, 1.54) is 17.0 Å². The number of hydrogen-bond donors (Lipinski definition) is 1. The summed E-state index contributed by atoms with van der Waals surface area (Å²) in [6, 6.07) is 6.01. The lowest BCUT2D eigenvalue weighted by atomic mass is 10.1. The Morgan fingerprint density at radius 3 is 2.18 bits per heavy atom. The molecule has 1 atom stereocenters. The van der Waals surface area contributed by atoms with Crippen LogP contribution in [0.2, 0.25) is 0 Å². The molecule has 7 heteroatoms. The van der Waals surface area contributed by atoms with Crippen molar-refractivity contribution in [3.05, 3.63) is 35.4 Å². The van der Waals surface area contributed by atoms with Gasteiger partial charge in [0, 0.05) is 17.9 Å². The van der Waals surface area contributed by atoms with E-state index in [9.17, 15) is 18.0 Å². The molecule has 1 aromatic rings. The van der Waals surface area contributed by atoms with Gasteiger partial charge in [-0.1, -0.05) is 19.1 Å². The molecule has 0 radical (unpaired) electrons. The van der Waals surface area contributed by atoms with E-state index in [4.69, 9.17) is 5.11 Å². The van der Waals surface area contributed by atoms with Crippen LogP contribution >= 0.6 is 0 Å². The van der Waals surface area contributed by atoms with Crippen molar-refractivity contribution in [1.29, 1.82) is 0 Å². The van der Waals surface area contributed by atoms with Gasteiger partial charge >= 0.3 is 5.97 Å². The molecule has 1 aromatic carbocycles. The number of hydrogen-bond acceptors (Lipinski definition) is 4. The third-order valence-corrected chi connectivity index (χ3v) is 4.18. The van der Waals surface area contributed by atoms with Crippen LogP contribution in [0.1, 0.15) is 36.2 Å². The van der Waals surface area contributed by atoms with E-state index in [0.29, 0.717) is 17.5 Å². The fourth-order valence-electron chi connectivity index (χ4n) is 2.01. The SMILES string of the molecule is CCC(C)N(CC(=O)O)C(=O)c1ccc(CS(C)(=O)=O)cc1. The van der Waals surface area contributed by atoms with Crippen molar-refractivity contribution >= 4 is 21.7 Å². The molecule has 0 bridgehead atoms. The van der Waals surface area contributed by atoms with Crippen LogP contribution in [0.25, 0.3) is 0 Å². The molecule has 0 saturated heterocycles. The summed E-state index contributed by atoms with van der Waals surface area (Å²) >= 11 is 0. The quantitative estimate of drug-likeness (QED) is 0.820. The smallest absolute Gasteiger partial charge is 0.323 e. The third-order valence-electron chi connectivity index (χ3n) is 3.32. The van der Waals surface area contributed by atoms with Crippen LogP contribution in [0.3, 0.4) is 0 Å². The minimum Gasteiger partial charge on any atom is -0.480 e. The molecular formula is C15H21NO5S. The predicted molar refractivity (Wildman–Crippen MR) is 83.4 cm³/mol. The molecule has 0 fully saturated rings. The number of sulfone groups is 1. The molecule has 0 heterocycles. The summed E-state index contributed by atoms with van der Waals surface area (Å²) in [5.41, 5.74) is 0.936. The Hall–Kier alpha value is -1.89. The van der Waals surface area contributed by atoms with Crippen LogP contribution in [0.15, 0.2) is 24.3 Å². The Balaban J connectivity index is 2.97. The monoisotopic (exact) mass is 327 g/mol. The lowest BCUT2D eigenvalue weighted by Gasteiger charge is -2.27. The second-order valence-corrected chi connectivity index (χ2v) is 7.49. The fourth-order valence-corrected chi connectivity index (χ4v) is 2.80. The zero-order valence-electron chi connectivity index (χ0n) is 12.9. The second-order valence-electron chi connectivity index (χ2n) is 5.35. The highest BCUT2D eigenvalue weighted by atomic mass is 32.2. The number of nitrogens with zero attached hydrogens (tertiary/aromatic N) is 1. The van der Waals surface area contributed by atoms with E-state index in [0.717, 1.165) is 6.26 Å². The number of aliphatic carboxylic acids is 1. The molecule has 1 amide bonds. The average molecular weight is 327 g/mol. The third kappa shape index (κ3) is 5.48. The molecular weight excluding hydrogens is 306 g/mol. The van der Waals surface area contributed by atoms with Gasteiger partial charge in [0.1, 0.15) is 6.54 Å². The van der Waals surface area contributed by atoms with Gasteiger partial charge in [-0.2, -0.15) is 0 Å². The van der Waals surface area contributed by atoms with Gasteiger partial charge in [0.05, 0.1) is 5.75 Å². The molecule has 122 valence electrons. The summed E-state index contributed by atoms with van der Waals surface area (Å²) < 4.78 is 22.5. The lowest BCUT2D eigenvalue weighted by Crippen LogP contribution is -2.41. The Morgan fingerprint density at radius 1 is 1.23 bits per heavy atom. The molecule has 6 nitrogen and oxygen atoms in total. The summed E-state index contributed by atoms with van der Waals surface area (Å²) in [7, 11) is -3.13. The van der Waals surface area contributed by atoms with Gasteiger partial charge in [0.2, 0.25) is 0 Å². The Bertz CT molecular complexity index is 636. The highest BCUT2D eigenvalue weighted by Crippen LogP contribution is 2.13. The van der Waals surface area contributed by atoms with Gasteiger partial charge in [-0.3, -0.25) is 9.59 Å². The summed E-state index contributed by atoms with van der Waals surface area (Å²) in [5.74, 6) is -1.53. The Morgan fingerprint density at radius 2 is 1.77 bits per heavy atom. The largest absolute Gasteiger partial charge is 0.480 e. The minimum absolute atomic E-state index is 0.0916.